The lowest BCUT2D eigenvalue weighted by Crippen LogP contribution is -2.17. The highest BCUT2D eigenvalue weighted by atomic mass is 16.1. The predicted molar refractivity (Wildman–Crippen MR) is 52.9 cm³/mol. The van der Waals surface area contributed by atoms with Crippen LogP contribution in [-0.4, -0.2) is 22.9 Å². The van der Waals surface area contributed by atoms with Crippen molar-refractivity contribution in [3.63, 3.8) is 0 Å². The Morgan fingerprint density at radius 2 is 1.93 bits per heavy atom. The molecule has 0 aliphatic heterocycles. The summed E-state index contributed by atoms with van der Waals surface area (Å²) in [5.74, 6) is -0.113. The first kappa shape index (κ1) is 8.62. The van der Waals surface area contributed by atoms with Gasteiger partial charge in [-0.15, -0.1) is 0 Å². The van der Waals surface area contributed by atoms with E-state index in [0.29, 0.717) is 5.56 Å². The molecule has 1 aromatic carbocycles. The number of fused-ring (bicyclic) bond motifs is 1. The van der Waals surface area contributed by atoms with E-state index in [1.165, 1.54) is 0 Å². The minimum absolute atomic E-state index is 0.113. The van der Waals surface area contributed by atoms with Gasteiger partial charge in [0.2, 0.25) is 0 Å². The molecular formula is C10H9N3O. The van der Waals surface area contributed by atoms with Crippen molar-refractivity contribution in [3.05, 3.63) is 36.2 Å². The van der Waals surface area contributed by atoms with Gasteiger partial charge >= 0.3 is 0 Å². The van der Waals surface area contributed by atoms with E-state index in [9.17, 15) is 4.79 Å². The number of hydrogen-bond acceptors (Lipinski definition) is 3. The third-order valence-corrected chi connectivity index (χ3v) is 1.96. The van der Waals surface area contributed by atoms with Crippen molar-refractivity contribution in [1.29, 1.82) is 0 Å². The van der Waals surface area contributed by atoms with E-state index in [1.54, 1.807) is 37.6 Å². The summed E-state index contributed by atoms with van der Waals surface area (Å²) >= 11 is 0. The first-order valence-corrected chi connectivity index (χ1v) is 4.24. The van der Waals surface area contributed by atoms with Crippen molar-refractivity contribution >= 4 is 16.9 Å². The second-order valence-electron chi connectivity index (χ2n) is 2.84. The number of carbonyl (C=O) groups is 1. The largest absolute Gasteiger partial charge is 0.355 e. The van der Waals surface area contributed by atoms with E-state index in [-0.39, 0.29) is 5.91 Å². The van der Waals surface area contributed by atoms with E-state index in [2.05, 4.69) is 15.3 Å². The molecule has 0 fully saturated rings. The summed E-state index contributed by atoms with van der Waals surface area (Å²) in [7, 11) is 1.60. The van der Waals surface area contributed by atoms with Crippen LogP contribution in [0.25, 0.3) is 11.0 Å². The molecule has 2 aromatic rings. The average molecular weight is 187 g/mol. The minimum atomic E-state index is -0.113. The SMILES string of the molecule is CNC(=O)c1ccc2nccnc2c1. The molecule has 14 heavy (non-hydrogen) atoms. The predicted octanol–water partition coefficient (Wildman–Crippen LogP) is 0.989. The molecule has 0 atom stereocenters. The molecule has 0 saturated heterocycles. The van der Waals surface area contributed by atoms with Gasteiger partial charge in [-0.2, -0.15) is 0 Å². The zero-order chi connectivity index (χ0) is 9.97. The minimum Gasteiger partial charge on any atom is -0.355 e. The molecule has 70 valence electrons. The monoisotopic (exact) mass is 187 g/mol. The van der Waals surface area contributed by atoms with Crippen LogP contribution in [0.3, 0.4) is 0 Å². The number of benzene rings is 1. The summed E-state index contributed by atoms with van der Waals surface area (Å²) < 4.78 is 0. The molecule has 4 heteroatoms. The fraction of sp³-hybridized carbons (Fsp3) is 0.100. The number of carbonyl (C=O) groups excluding carboxylic acids is 1. The van der Waals surface area contributed by atoms with Crippen LogP contribution in [0.5, 0.6) is 0 Å². The van der Waals surface area contributed by atoms with Crippen LogP contribution in [0.4, 0.5) is 0 Å². The molecule has 1 heterocycles. The van der Waals surface area contributed by atoms with Gasteiger partial charge in [0, 0.05) is 25.0 Å². The maximum absolute atomic E-state index is 11.3. The van der Waals surface area contributed by atoms with E-state index in [0.717, 1.165) is 11.0 Å². The quantitative estimate of drug-likeness (QED) is 0.724. The third kappa shape index (κ3) is 1.42. The zero-order valence-electron chi connectivity index (χ0n) is 7.69. The molecule has 0 spiro atoms. The van der Waals surface area contributed by atoms with Crippen molar-refractivity contribution in [2.24, 2.45) is 0 Å². The van der Waals surface area contributed by atoms with Crippen LogP contribution in [0, 0.1) is 0 Å². The first-order valence-electron chi connectivity index (χ1n) is 4.24. The Hall–Kier alpha value is -1.97. The smallest absolute Gasteiger partial charge is 0.251 e. The molecule has 0 unspecified atom stereocenters. The Kier molecular flexibility index (Phi) is 2.10. The molecule has 0 bridgehead atoms. The number of amides is 1. The van der Waals surface area contributed by atoms with Gasteiger partial charge in [-0.05, 0) is 18.2 Å². The number of rotatable bonds is 1. The Morgan fingerprint density at radius 1 is 1.21 bits per heavy atom. The lowest BCUT2D eigenvalue weighted by atomic mass is 10.2. The lowest BCUT2D eigenvalue weighted by molar-refractivity contribution is 0.0963. The second-order valence-corrected chi connectivity index (χ2v) is 2.84. The standard InChI is InChI=1S/C10H9N3O/c1-11-10(14)7-2-3-8-9(6-7)13-5-4-12-8/h2-6H,1H3,(H,11,14). The highest BCUT2D eigenvalue weighted by Gasteiger charge is 2.03. The van der Waals surface area contributed by atoms with Gasteiger partial charge in [0.15, 0.2) is 0 Å². The van der Waals surface area contributed by atoms with E-state index in [4.69, 9.17) is 0 Å². The highest BCUT2D eigenvalue weighted by Crippen LogP contribution is 2.10. The summed E-state index contributed by atoms with van der Waals surface area (Å²) in [5, 5.41) is 2.56. The van der Waals surface area contributed by atoms with Crippen LogP contribution < -0.4 is 5.32 Å². The lowest BCUT2D eigenvalue weighted by Gasteiger charge is -2.00. The fourth-order valence-electron chi connectivity index (χ4n) is 1.25. The number of aromatic nitrogens is 2. The van der Waals surface area contributed by atoms with Gasteiger partial charge in [0.1, 0.15) is 0 Å². The molecule has 1 N–H and O–H groups in total. The summed E-state index contributed by atoms with van der Waals surface area (Å²) in [6.07, 6.45) is 3.23. The zero-order valence-corrected chi connectivity index (χ0v) is 7.69. The number of hydrogen-bond donors (Lipinski definition) is 1. The Bertz CT molecular complexity index is 482. The molecule has 0 aliphatic rings. The summed E-state index contributed by atoms with van der Waals surface area (Å²) in [6, 6.07) is 5.24. The van der Waals surface area contributed by atoms with Crippen molar-refractivity contribution in [3.8, 4) is 0 Å². The van der Waals surface area contributed by atoms with Gasteiger partial charge in [0.05, 0.1) is 11.0 Å². The summed E-state index contributed by atoms with van der Waals surface area (Å²) in [6.45, 7) is 0. The molecule has 0 radical (unpaired) electrons. The van der Waals surface area contributed by atoms with Crippen LogP contribution in [0.15, 0.2) is 30.6 Å². The van der Waals surface area contributed by atoms with Gasteiger partial charge in [-0.1, -0.05) is 0 Å². The summed E-state index contributed by atoms with van der Waals surface area (Å²) in [4.78, 5) is 19.5. The summed E-state index contributed by atoms with van der Waals surface area (Å²) in [5.41, 5.74) is 2.12. The number of nitrogens with zero attached hydrogens (tertiary/aromatic N) is 2. The maximum Gasteiger partial charge on any atom is 0.251 e. The van der Waals surface area contributed by atoms with E-state index < -0.39 is 0 Å². The third-order valence-electron chi connectivity index (χ3n) is 1.96. The number of nitrogens with one attached hydrogen (secondary N) is 1. The molecule has 2 rings (SSSR count). The van der Waals surface area contributed by atoms with Crippen molar-refractivity contribution < 1.29 is 4.79 Å². The van der Waals surface area contributed by atoms with Crippen LogP contribution >= 0.6 is 0 Å². The van der Waals surface area contributed by atoms with Gasteiger partial charge in [-0.3, -0.25) is 14.8 Å². The average Bonchev–Trinajstić information content (AvgIpc) is 2.27. The molecule has 1 amide bonds. The fourth-order valence-corrected chi connectivity index (χ4v) is 1.25. The van der Waals surface area contributed by atoms with Crippen molar-refractivity contribution in [2.45, 2.75) is 0 Å². The second kappa shape index (κ2) is 3.41. The Morgan fingerprint density at radius 3 is 2.64 bits per heavy atom. The normalized spacial score (nSPS) is 10.1. The first-order chi connectivity index (χ1) is 6.81. The molecule has 0 saturated carbocycles. The Balaban J connectivity index is 2.56. The molecular weight excluding hydrogens is 178 g/mol. The van der Waals surface area contributed by atoms with Gasteiger partial charge in [0.25, 0.3) is 5.91 Å². The molecule has 0 aliphatic carbocycles. The molecule has 4 nitrogen and oxygen atoms in total. The topological polar surface area (TPSA) is 54.9 Å². The van der Waals surface area contributed by atoms with Crippen LogP contribution in [0.1, 0.15) is 10.4 Å². The maximum atomic E-state index is 11.3. The van der Waals surface area contributed by atoms with Crippen LogP contribution in [0.2, 0.25) is 0 Å². The van der Waals surface area contributed by atoms with Gasteiger partial charge in [-0.25, -0.2) is 0 Å². The van der Waals surface area contributed by atoms with Crippen LogP contribution in [-0.2, 0) is 0 Å². The molecule has 1 aromatic heterocycles. The van der Waals surface area contributed by atoms with Crippen molar-refractivity contribution in [2.75, 3.05) is 7.05 Å². The highest BCUT2D eigenvalue weighted by molar-refractivity contribution is 5.96. The van der Waals surface area contributed by atoms with E-state index in [1.807, 2.05) is 0 Å². The van der Waals surface area contributed by atoms with E-state index >= 15 is 0 Å². The van der Waals surface area contributed by atoms with Crippen molar-refractivity contribution in [1.82, 2.24) is 15.3 Å². The van der Waals surface area contributed by atoms with Gasteiger partial charge < -0.3 is 5.32 Å². The Labute approximate surface area is 81.0 Å².